The topological polar surface area (TPSA) is 92.8 Å². The van der Waals surface area contributed by atoms with E-state index in [1.807, 2.05) is 0 Å². The fourth-order valence-corrected chi connectivity index (χ4v) is 6.78. The van der Waals surface area contributed by atoms with Gasteiger partial charge in [-0.2, -0.15) is 0 Å². The van der Waals surface area contributed by atoms with Crippen LogP contribution in [0.25, 0.3) is 0 Å². The summed E-state index contributed by atoms with van der Waals surface area (Å²) >= 11 is 7.59. The second kappa shape index (κ2) is 9.77. The summed E-state index contributed by atoms with van der Waals surface area (Å²) < 4.78 is 32.9. The summed E-state index contributed by atoms with van der Waals surface area (Å²) in [6.45, 7) is 1.30. The Morgan fingerprint density at radius 1 is 1.15 bits per heavy atom. The molecule has 1 aromatic heterocycles. The molecule has 10 heteroatoms. The number of nitrogens with one attached hydrogen (secondary N) is 1. The smallest absolute Gasteiger partial charge is 0.341 e. The molecular weight excluding hydrogens is 496 g/mol. The second-order valence-corrected chi connectivity index (χ2v) is 11.2. The molecule has 4 rings (SSSR count). The zero-order chi connectivity index (χ0) is 24.5. The summed E-state index contributed by atoms with van der Waals surface area (Å²) in [5.41, 5.74) is 2.29. The average Bonchev–Trinajstić information content (AvgIpc) is 3.40. The average molecular weight is 519 g/mol. The number of anilines is 2. The Bertz CT molecular complexity index is 1350. The van der Waals surface area contributed by atoms with Crippen molar-refractivity contribution in [3.8, 4) is 0 Å². The number of ether oxygens (including phenoxy) is 1. The first kappa shape index (κ1) is 24.3. The molecule has 1 N–H and O–H groups in total. The molecule has 34 heavy (non-hydrogen) atoms. The third-order valence-corrected chi connectivity index (χ3v) is 9.03. The summed E-state index contributed by atoms with van der Waals surface area (Å²) in [6.07, 6.45) is 2.51. The number of nitrogens with zero attached hydrogens (tertiary/aromatic N) is 1. The molecular formula is C24H23ClN2O5S2. The molecule has 0 fully saturated rings. The molecule has 0 unspecified atom stereocenters. The van der Waals surface area contributed by atoms with Crippen molar-refractivity contribution in [3.63, 3.8) is 0 Å². The Kier molecular flexibility index (Phi) is 6.97. The van der Waals surface area contributed by atoms with E-state index < -0.39 is 28.4 Å². The van der Waals surface area contributed by atoms with Crippen molar-refractivity contribution < 1.29 is 22.7 Å². The summed E-state index contributed by atoms with van der Waals surface area (Å²) in [5, 5.41) is 3.50. The number of hydrogen-bond donors (Lipinski definition) is 1. The number of rotatable bonds is 7. The van der Waals surface area contributed by atoms with Gasteiger partial charge in [-0.25, -0.2) is 13.2 Å². The van der Waals surface area contributed by atoms with Gasteiger partial charge in [0, 0.05) is 9.90 Å². The van der Waals surface area contributed by atoms with Crippen LogP contribution in [0.1, 0.15) is 32.8 Å². The maximum Gasteiger partial charge on any atom is 0.341 e. The number of thiophene rings is 1. The number of benzene rings is 2. The molecule has 0 spiro atoms. The van der Waals surface area contributed by atoms with Gasteiger partial charge in [-0.3, -0.25) is 9.10 Å². The van der Waals surface area contributed by atoms with Gasteiger partial charge >= 0.3 is 5.97 Å². The van der Waals surface area contributed by atoms with E-state index >= 15 is 0 Å². The van der Waals surface area contributed by atoms with Gasteiger partial charge in [-0.1, -0.05) is 35.9 Å². The van der Waals surface area contributed by atoms with Gasteiger partial charge < -0.3 is 10.1 Å². The van der Waals surface area contributed by atoms with Crippen molar-refractivity contribution >= 4 is 55.5 Å². The molecule has 1 heterocycles. The summed E-state index contributed by atoms with van der Waals surface area (Å²) in [7, 11) is -2.78. The predicted molar refractivity (Wildman–Crippen MR) is 133 cm³/mol. The summed E-state index contributed by atoms with van der Waals surface area (Å²) in [6, 6.07) is 12.7. The molecule has 1 amide bonds. The second-order valence-electron chi connectivity index (χ2n) is 7.86. The highest BCUT2D eigenvalue weighted by molar-refractivity contribution is 7.92. The molecule has 0 aliphatic heterocycles. The Morgan fingerprint density at radius 3 is 2.56 bits per heavy atom. The fraction of sp³-hybridized carbons (Fsp3) is 0.250. The van der Waals surface area contributed by atoms with Crippen LogP contribution in [0.15, 0.2) is 53.4 Å². The van der Waals surface area contributed by atoms with E-state index in [0.29, 0.717) is 15.6 Å². The van der Waals surface area contributed by atoms with Gasteiger partial charge in [0.1, 0.15) is 11.5 Å². The number of methoxy groups -OCH3 is 1. The first-order chi connectivity index (χ1) is 16.2. The third-order valence-electron chi connectivity index (χ3n) is 5.63. The van der Waals surface area contributed by atoms with Crippen LogP contribution < -0.4 is 9.62 Å². The molecule has 0 atom stereocenters. The van der Waals surface area contributed by atoms with Crippen LogP contribution >= 0.6 is 22.9 Å². The Morgan fingerprint density at radius 2 is 1.88 bits per heavy atom. The lowest BCUT2D eigenvalue weighted by Gasteiger charge is -2.24. The number of carbonyl (C=O) groups excluding carboxylic acids is 2. The normalized spacial score (nSPS) is 12.8. The number of carbonyl (C=O) groups is 2. The number of fused-ring (bicyclic) bond motifs is 1. The number of amides is 1. The number of sulfonamides is 1. The molecule has 0 radical (unpaired) electrons. The molecule has 0 saturated carbocycles. The Balaban J connectivity index is 1.68. The lowest BCUT2D eigenvalue weighted by molar-refractivity contribution is -0.114. The zero-order valence-electron chi connectivity index (χ0n) is 18.6. The van der Waals surface area contributed by atoms with Crippen molar-refractivity contribution in [2.24, 2.45) is 0 Å². The highest BCUT2D eigenvalue weighted by atomic mass is 35.5. The Labute approximate surface area is 207 Å². The van der Waals surface area contributed by atoms with Crippen molar-refractivity contribution in [3.05, 3.63) is 75.1 Å². The van der Waals surface area contributed by atoms with Gasteiger partial charge in [0.15, 0.2) is 0 Å². The molecule has 3 aromatic rings. The van der Waals surface area contributed by atoms with E-state index in [4.69, 9.17) is 16.3 Å². The number of hydrogen-bond acceptors (Lipinski definition) is 6. The van der Waals surface area contributed by atoms with Crippen LogP contribution in [-0.2, 0) is 32.4 Å². The number of halogens is 1. The molecule has 0 saturated heterocycles. The van der Waals surface area contributed by atoms with E-state index in [9.17, 15) is 18.0 Å². The molecule has 0 bridgehead atoms. The molecule has 2 aromatic carbocycles. The summed E-state index contributed by atoms with van der Waals surface area (Å²) in [4.78, 5) is 26.6. The summed E-state index contributed by atoms with van der Waals surface area (Å²) in [5.74, 6) is -1.10. The van der Waals surface area contributed by atoms with Gasteiger partial charge in [-0.15, -0.1) is 11.3 Å². The quantitative estimate of drug-likeness (QED) is 0.453. The minimum Gasteiger partial charge on any atom is -0.465 e. The molecule has 1 aliphatic rings. The fourth-order valence-electron chi connectivity index (χ4n) is 3.88. The predicted octanol–water partition coefficient (Wildman–Crippen LogP) is 4.82. The highest BCUT2D eigenvalue weighted by Crippen LogP contribution is 2.39. The van der Waals surface area contributed by atoms with Crippen molar-refractivity contribution in [1.82, 2.24) is 0 Å². The maximum absolute atomic E-state index is 13.5. The van der Waals surface area contributed by atoms with Crippen LogP contribution in [-0.4, -0.2) is 33.9 Å². The standard InChI is InChI=1S/C24H23ClN2O5S2/c1-15-11-12-16(13-19(15)25)27(34(30,31)17-7-4-3-5-8-17)14-21(28)26-23-22(24(29)32-2)18-9-6-10-20(18)33-23/h3-5,7-8,11-13H,6,9-10,14H2,1-2H3,(H,26,28). The largest absolute Gasteiger partial charge is 0.465 e. The van der Waals surface area contributed by atoms with Crippen LogP contribution in [0.2, 0.25) is 5.02 Å². The molecule has 178 valence electrons. The van der Waals surface area contributed by atoms with E-state index in [1.165, 1.54) is 36.6 Å². The third kappa shape index (κ3) is 4.68. The molecule has 1 aliphatic carbocycles. The first-order valence-electron chi connectivity index (χ1n) is 10.6. The first-order valence-corrected chi connectivity index (χ1v) is 13.2. The van der Waals surface area contributed by atoms with Crippen LogP contribution in [0.4, 0.5) is 10.7 Å². The van der Waals surface area contributed by atoms with Crippen LogP contribution in [0.3, 0.4) is 0 Å². The van der Waals surface area contributed by atoms with Crippen LogP contribution in [0, 0.1) is 6.92 Å². The lowest BCUT2D eigenvalue weighted by Crippen LogP contribution is -2.38. The van der Waals surface area contributed by atoms with Gasteiger partial charge in [0.05, 0.1) is 23.3 Å². The van der Waals surface area contributed by atoms with Crippen molar-refractivity contribution in [2.75, 3.05) is 23.3 Å². The minimum atomic E-state index is -4.07. The monoisotopic (exact) mass is 518 g/mol. The van der Waals surface area contributed by atoms with Gasteiger partial charge in [0.25, 0.3) is 10.0 Å². The van der Waals surface area contributed by atoms with Crippen LogP contribution in [0.5, 0.6) is 0 Å². The van der Waals surface area contributed by atoms with Gasteiger partial charge in [-0.05, 0) is 61.6 Å². The highest BCUT2D eigenvalue weighted by Gasteiger charge is 2.31. The van der Waals surface area contributed by atoms with E-state index in [-0.39, 0.29) is 10.6 Å². The van der Waals surface area contributed by atoms with E-state index in [1.54, 1.807) is 37.3 Å². The Hall–Kier alpha value is -2.88. The van der Waals surface area contributed by atoms with E-state index in [2.05, 4.69) is 5.32 Å². The molecule has 7 nitrogen and oxygen atoms in total. The number of esters is 1. The number of aryl methyl sites for hydroxylation is 2. The van der Waals surface area contributed by atoms with Crippen molar-refractivity contribution in [2.45, 2.75) is 31.1 Å². The lowest BCUT2D eigenvalue weighted by atomic mass is 10.1. The van der Waals surface area contributed by atoms with Crippen molar-refractivity contribution in [1.29, 1.82) is 0 Å². The van der Waals surface area contributed by atoms with E-state index in [0.717, 1.165) is 39.6 Å². The SMILES string of the molecule is COC(=O)c1c(NC(=O)CN(c2ccc(C)c(Cl)c2)S(=O)(=O)c2ccccc2)sc2c1CCC2. The zero-order valence-corrected chi connectivity index (χ0v) is 21.0. The minimum absolute atomic E-state index is 0.0462. The van der Waals surface area contributed by atoms with Gasteiger partial charge in [0.2, 0.25) is 5.91 Å². The maximum atomic E-state index is 13.5.